The Balaban J connectivity index is 0.000000122. The lowest BCUT2D eigenvalue weighted by molar-refractivity contribution is -0.00954. The van der Waals surface area contributed by atoms with E-state index in [1.54, 1.807) is 13.8 Å². The summed E-state index contributed by atoms with van der Waals surface area (Å²) in [6, 6.07) is 0. The maximum atomic E-state index is 14.1. The molecular formula is C22H32F4O2. The van der Waals surface area contributed by atoms with Gasteiger partial charge in [0, 0.05) is 21.7 Å². The van der Waals surface area contributed by atoms with Crippen molar-refractivity contribution in [2.24, 2.45) is 21.7 Å². The van der Waals surface area contributed by atoms with Crippen molar-refractivity contribution in [3.8, 4) is 0 Å². The summed E-state index contributed by atoms with van der Waals surface area (Å²) in [7, 11) is 0. The fourth-order valence-corrected chi connectivity index (χ4v) is 7.84. The maximum Gasteiger partial charge on any atom is 0.134 e. The van der Waals surface area contributed by atoms with E-state index in [1.807, 2.05) is 27.7 Å². The van der Waals surface area contributed by atoms with Crippen molar-refractivity contribution in [2.45, 2.75) is 115 Å². The number of hydrogen-bond acceptors (Lipinski definition) is 2. The summed E-state index contributed by atoms with van der Waals surface area (Å²) in [5.41, 5.74) is -4.26. The summed E-state index contributed by atoms with van der Waals surface area (Å²) in [4.78, 5) is 0. The van der Waals surface area contributed by atoms with Crippen molar-refractivity contribution >= 4 is 0 Å². The molecule has 6 heteroatoms. The minimum atomic E-state index is -1.14. The third-order valence-corrected chi connectivity index (χ3v) is 9.56. The van der Waals surface area contributed by atoms with E-state index in [9.17, 15) is 17.6 Å². The molecule has 4 saturated carbocycles. The first-order chi connectivity index (χ1) is 12.7. The van der Waals surface area contributed by atoms with Gasteiger partial charge < -0.3 is 9.47 Å². The molecule has 2 aliphatic heterocycles. The van der Waals surface area contributed by atoms with E-state index in [0.717, 1.165) is 0 Å². The predicted molar refractivity (Wildman–Crippen MR) is 97.0 cm³/mol. The molecule has 0 spiro atoms. The van der Waals surface area contributed by atoms with E-state index in [2.05, 4.69) is 0 Å². The Bertz CT molecular complexity index is 675. The summed E-state index contributed by atoms with van der Waals surface area (Å²) in [5.74, 6) is 0. The first-order valence-electron chi connectivity index (χ1n) is 10.6. The van der Waals surface area contributed by atoms with Crippen LogP contribution in [-0.2, 0) is 9.47 Å². The molecule has 0 aromatic rings. The number of rotatable bonds is 0. The molecule has 2 nitrogen and oxygen atoms in total. The molecule has 6 aliphatic rings. The van der Waals surface area contributed by atoms with Crippen LogP contribution in [-0.4, -0.2) is 48.1 Å². The van der Waals surface area contributed by atoms with Gasteiger partial charge in [-0.25, -0.2) is 17.6 Å². The lowest BCUT2D eigenvalue weighted by atomic mass is 9.77. The molecule has 6 fully saturated rings. The van der Waals surface area contributed by atoms with Crippen molar-refractivity contribution in [1.29, 1.82) is 0 Å². The zero-order valence-corrected chi connectivity index (χ0v) is 17.6. The van der Waals surface area contributed by atoms with E-state index < -0.39 is 45.3 Å². The zero-order chi connectivity index (χ0) is 20.7. The zero-order valence-electron chi connectivity index (χ0n) is 17.6. The first kappa shape index (κ1) is 19.6. The van der Waals surface area contributed by atoms with Gasteiger partial charge in [-0.1, -0.05) is 27.7 Å². The van der Waals surface area contributed by atoms with Crippen LogP contribution in [0.2, 0.25) is 0 Å². The average molecular weight is 404 g/mol. The third-order valence-electron chi connectivity index (χ3n) is 9.56. The fraction of sp³-hybridized carbons (Fsp3) is 1.00. The van der Waals surface area contributed by atoms with Crippen LogP contribution in [0.1, 0.15) is 67.2 Å². The monoisotopic (exact) mass is 404 g/mol. The smallest absolute Gasteiger partial charge is 0.134 e. The van der Waals surface area contributed by atoms with Gasteiger partial charge in [0.15, 0.2) is 0 Å². The van der Waals surface area contributed by atoms with Gasteiger partial charge in [0.1, 0.15) is 23.7 Å². The lowest BCUT2D eigenvalue weighted by Gasteiger charge is -2.28. The highest BCUT2D eigenvalue weighted by atomic mass is 19.2. The number of ether oxygens (including phenoxy) is 2. The lowest BCUT2D eigenvalue weighted by Crippen LogP contribution is -2.35. The Labute approximate surface area is 164 Å². The van der Waals surface area contributed by atoms with E-state index in [4.69, 9.17) is 9.47 Å². The highest BCUT2D eigenvalue weighted by Crippen LogP contribution is 2.78. The summed E-state index contributed by atoms with van der Waals surface area (Å²) in [6.07, 6.45) is -1.40. The van der Waals surface area contributed by atoms with Gasteiger partial charge in [0.2, 0.25) is 0 Å². The molecule has 160 valence electrons. The number of fused-ring (bicyclic) bond motifs is 6. The van der Waals surface area contributed by atoms with E-state index in [1.165, 1.54) is 0 Å². The summed E-state index contributed by atoms with van der Waals surface area (Å²) >= 11 is 0. The van der Waals surface area contributed by atoms with Crippen molar-refractivity contribution < 1.29 is 27.0 Å². The molecule has 28 heavy (non-hydrogen) atoms. The van der Waals surface area contributed by atoms with Gasteiger partial charge in [-0.15, -0.1) is 0 Å². The van der Waals surface area contributed by atoms with E-state index >= 15 is 0 Å². The first-order valence-corrected chi connectivity index (χ1v) is 10.6. The molecule has 0 N–H and O–H groups in total. The van der Waals surface area contributed by atoms with Crippen LogP contribution >= 0.6 is 0 Å². The second kappa shape index (κ2) is 4.92. The maximum absolute atomic E-state index is 14.1. The summed E-state index contributed by atoms with van der Waals surface area (Å²) < 4.78 is 67.2. The normalized spacial score (nSPS) is 70.5. The molecule has 2 saturated heterocycles. The molecule has 6 rings (SSSR count). The Hall–Kier alpha value is -0.360. The fourth-order valence-electron chi connectivity index (χ4n) is 7.84. The molecule has 0 amide bonds. The predicted octanol–water partition coefficient (Wildman–Crippen LogP) is 5.28. The van der Waals surface area contributed by atoms with Crippen LogP contribution in [0.5, 0.6) is 0 Å². The largest absolute Gasteiger partial charge is 0.371 e. The number of halogens is 4. The third kappa shape index (κ3) is 1.94. The van der Waals surface area contributed by atoms with E-state index in [0.29, 0.717) is 25.7 Å². The van der Waals surface area contributed by atoms with Crippen molar-refractivity contribution in [3.63, 3.8) is 0 Å². The van der Waals surface area contributed by atoms with Crippen LogP contribution in [0.15, 0.2) is 0 Å². The van der Waals surface area contributed by atoms with Crippen molar-refractivity contribution in [3.05, 3.63) is 0 Å². The summed E-state index contributed by atoms with van der Waals surface area (Å²) in [5, 5.41) is 0. The molecule has 0 aromatic heterocycles. The highest BCUT2D eigenvalue weighted by Gasteiger charge is 2.84. The van der Waals surface area contributed by atoms with Gasteiger partial charge in [0.25, 0.3) is 0 Å². The minimum Gasteiger partial charge on any atom is -0.371 e. The van der Waals surface area contributed by atoms with Crippen molar-refractivity contribution in [2.75, 3.05) is 0 Å². The van der Waals surface area contributed by atoms with Crippen LogP contribution in [0.4, 0.5) is 17.6 Å². The van der Waals surface area contributed by atoms with Crippen molar-refractivity contribution in [1.82, 2.24) is 0 Å². The molecule has 0 unspecified atom stereocenters. The Morgan fingerprint density at radius 2 is 0.964 bits per heavy atom. The highest BCUT2D eigenvalue weighted by molar-refractivity contribution is 5.32. The van der Waals surface area contributed by atoms with Gasteiger partial charge >= 0.3 is 0 Å². The summed E-state index contributed by atoms with van der Waals surface area (Å²) in [6.45, 7) is 11.0. The molecular weight excluding hydrogens is 372 g/mol. The molecule has 12 atom stereocenters. The van der Waals surface area contributed by atoms with Gasteiger partial charge in [0.05, 0.1) is 24.4 Å². The molecule has 0 bridgehead atoms. The van der Waals surface area contributed by atoms with Gasteiger partial charge in [-0.3, -0.25) is 0 Å². The topological polar surface area (TPSA) is 18.5 Å². The SMILES string of the molecule is C[C@@H]1O[C@H]2[C@](C)(C[C@]3(F)C[C@]23C)[C@H]1F.C[C@@H]1O[C@H]2[C@](C)(C[C@]3(F)C[C@]23C)[C@H]1F. The van der Waals surface area contributed by atoms with Crippen LogP contribution in [0.3, 0.4) is 0 Å². The molecule has 4 aliphatic carbocycles. The van der Waals surface area contributed by atoms with Crippen LogP contribution < -0.4 is 0 Å². The molecule has 0 radical (unpaired) electrons. The Morgan fingerprint density at radius 3 is 1.25 bits per heavy atom. The Kier molecular flexibility index (Phi) is 3.45. The van der Waals surface area contributed by atoms with Crippen LogP contribution in [0.25, 0.3) is 0 Å². The van der Waals surface area contributed by atoms with E-state index in [-0.39, 0.29) is 24.4 Å². The second-order valence-electron chi connectivity index (χ2n) is 11.7. The Morgan fingerprint density at radius 1 is 0.643 bits per heavy atom. The average Bonchev–Trinajstić information content (AvgIpc) is 3.17. The minimum absolute atomic E-state index is 0.218. The number of alkyl halides is 4. The van der Waals surface area contributed by atoms with Gasteiger partial charge in [-0.05, 0) is 39.5 Å². The van der Waals surface area contributed by atoms with Crippen LogP contribution in [0, 0.1) is 21.7 Å². The second-order valence-corrected chi connectivity index (χ2v) is 11.7. The van der Waals surface area contributed by atoms with Gasteiger partial charge in [-0.2, -0.15) is 0 Å². The molecule has 0 aromatic carbocycles. The molecule has 2 heterocycles. The quantitative estimate of drug-likeness (QED) is 0.512. The number of hydrogen-bond donors (Lipinski definition) is 0. The standard InChI is InChI=1S/2C11H16F2O/c2*1-6-7(12)9(2)4-11(13)5-10(11,3)8(9)14-6/h2*6-8H,4-5H2,1-3H3/t2*6-,7-,8-,9+,10+,11-/m00/s1.